The fourth-order valence-electron chi connectivity index (χ4n) is 3.73. The molecule has 2 amide bonds. The minimum atomic E-state index is -0.444. The van der Waals surface area contributed by atoms with Crippen LogP contribution >= 0.6 is 0 Å². The summed E-state index contributed by atoms with van der Waals surface area (Å²) in [7, 11) is 0. The third kappa shape index (κ3) is 3.87. The van der Waals surface area contributed by atoms with Crippen molar-refractivity contribution in [3.63, 3.8) is 0 Å². The number of carbonyl (C=O) groups excluding carboxylic acids is 2. The van der Waals surface area contributed by atoms with E-state index in [9.17, 15) is 14.4 Å². The SMILES string of the molecule is Cc1cccc(NC(=O)Cn2nc(C(=O)N3c4ccccc4CC3C)ccc2=O)c1. The van der Waals surface area contributed by atoms with Crippen molar-refractivity contribution in [1.82, 2.24) is 9.78 Å². The van der Waals surface area contributed by atoms with E-state index in [1.165, 1.54) is 12.1 Å². The third-order valence-corrected chi connectivity index (χ3v) is 5.11. The van der Waals surface area contributed by atoms with Crippen molar-refractivity contribution < 1.29 is 9.59 Å². The molecule has 0 saturated heterocycles. The van der Waals surface area contributed by atoms with Crippen molar-refractivity contribution in [3.05, 3.63) is 87.8 Å². The molecule has 0 aliphatic carbocycles. The van der Waals surface area contributed by atoms with Crippen LogP contribution in [0, 0.1) is 6.92 Å². The number of hydrogen-bond donors (Lipinski definition) is 1. The summed E-state index contributed by atoms with van der Waals surface area (Å²) < 4.78 is 1.02. The molecule has 0 fully saturated rings. The molecular weight excluding hydrogens is 380 g/mol. The fraction of sp³-hybridized carbons (Fsp3) is 0.217. The Balaban J connectivity index is 1.55. The molecule has 0 radical (unpaired) electrons. The van der Waals surface area contributed by atoms with Crippen LogP contribution in [-0.2, 0) is 17.8 Å². The lowest BCUT2D eigenvalue weighted by atomic mass is 10.1. The summed E-state index contributed by atoms with van der Waals surface area (Å²) in [5.41, 5.74) is 3.29. The van der Waals surface area contributed by atoms with Crippen LogP contribution in [0.4, 0.5) is 11.4 Å². The predicted octanol–water partition coefficient (Wildman–Crippen LogP) is 2.78. The number of benzene rings is 2. The molecule has 7 heteroatoms. The molecule has 4 rings (SSSR count). The van der Waals surface area contributed by atoms with Gasteiger partial charge >= 0.3 is 0 Å². The topological polar surface area (TPSA) is 84.3 Å². The van der Waals surface area contributed by atoms with Crippen molar-refractivity contribution in [1.29, 1.82) is 0 Å². The molecule has 0 saturated carbocycles. The Morgan fingerprint density at radius 3 is 2.70 bits per heavy atom. The van der Waals surface area contributed by atoms with Gasteiger partial charge in [0.2, 0.25) is 5.91 Å². The van der Waals surface area contributed by atoms with E-state index >= 15 is 0 Å². The first-order valence-electron chi connectivity index (χ1n) is 9.78. The van der Waals surface area contributed by atoms with Gasteiger partial charge in [-0.1, -0.05) is 30.3 Å². The summed E-state index contributed by atoms with van der Waals surface area (Å²) in [6.07, 6.45) is 0.764. The number of aryl methyl sites for hydroxylation is 1. The molecule has 1 unspecified atom stereocenters. The number of nitrogens with one attached hydrogen (secondary N) is 1. The molecule has 1 N–H and O–H groups in total. The zero-order chi connectivity index (χ0) is 21.3. The van der Waals surface area contributed by atoms with Crippen LogP contribution in [-0.4, -0.2) is 27.6 Å². The highest BCUT2D eigenvalue weighted by Crippen LogP contribution is 2.32. The summed E-state index contributed by atoms with van der Waals surface area (Å²) in [4.78, 5) is 39.4. The van der Waals surface area contributed by atoms with Crippen LogP contribution in [0.1, 0.15) is 28.5 Å². The van der Waals surface area contributed by atoms with Crippen molar-refractivity contribution in [2.75, 3.05) is 10.2 Å². The summed E-state index contributed by atoms with van der Waals surface area (Å²) >= 11 is 0. The molecule has 3 aromatic rings. The molecule has 2 heterocycles. The molecule has 1 aromatic heterocycles. The van der Waals surface area contributed by atoms with E-state index < -0.39 is 5.56 Å². The van der Waals surface area contributed by atoms with Gasteiger partial charge < -0.3 is 10.2 Å². The fourth-order valence-corrected chi connectivity index (χ4v) is 3.73. The molecule has 1 aliphatic rings. The maximum Gasteiger partial charge on any atom is 0.278 e. The van der Waals surface area contributed by atoms with E-state index in [0.717, 1.165) is 27.9 Å². The zero-order valence-corrected chi connectivity index (χ0v) is 16.8. The number of anilines is 2. The lowest BCUT2D eigenvalue weighted by Gasteiger charge is -2.22. The normalized spacial score (nSPS) is 15.0. The van der Waals surface area contributed by atoms with E-state index in [1.54, 1.807) is 11.0 Å². The molecule has 0 spiro atoms. The van der Waals surface area contributed by atoms with Crippen LogP contribution < -0.4 is 15.8 Å². The van der Waals surface area contributed by atoms with Crippen molar-refractivity contribution in [2.24, 2.45) is 0 Å². The number of aromatic nitrogens is 2. The van der Waals surface area contributed by atoms with Crippen molar-refractivity contribution in [2.45, 2.75) is 32.9 Å². The minimum absolute atomic E-state index is 0.0123. The highest BCUT2D eigenvalue weighted by molar-refractivity contribution is 6.06. The van der Waals surface area contributed by atoms with Crippen LogP contribution in [0.3, 0.4) is 0 Å². The standard InChI is InChI=1S/C23H22N4O3/c1-15-6-5-8-18(12-15)24-21(28)14-26-22(29)11-10-19(25-26)23(30)27-16(2)13-17-7-3-4-9-20(17)27/h3-12,16H,13-14H2,1-2H3,(H,24,28). The van der Waals surface area contributed by atoms with Crippen LogP contribution in [0.25, 0.3) is 0 Å². The Morgan fingerprint density at radius 1 is 1.10 bits per heavy atom. The smallest absolute Gasteiger partial charge is 0.278 e. The zero-order valence-electron chi connectivity index (χ0n) is 16.8. The van der Waals surface area contributed by atoms with Gasteiger partial charge in [0.1, 0.15) is 12.2 Å². The van der Waals surface area contributed by atoms with Gasteiger partial charge in [0, 0.05) is 23.5 Å². The molecule has 1 aliphatic heterocycles. The summed E-state index contributed by atoms with van der Waals surface area (Å²) in [6.45, 7) is 3.62. The molecule has 152 valence electrons. The molecule has 2 aromatic carbocycles. The Bertz CT molecular complexity index is 1180. The number of rotatable bonds is 4. The van der Waals surface area contributed by atoms with Crippen molar-refractivity contribution >= 4 is 23.2 Å². The quantitative estimate of drug-likeness (QED) is 0.727. The number of amides is 2. The lowest BCUT2D eigenvalue weighted by molar-refractivity contribution is -0.117. The maximum atomic E-state index is 13.1. The molecule has 7 nitrogen and oxygen atoms in total. The minimum Gasteiger partial charge on any atom is -0.324 e. The summed E-state index contributed by atoms with van der Waals surface area (Å²) in [5.74, 6) is -0.681. The Kier molecular flexibility index (Phi) is 5.18. The van der Waals surface area contributed by atoms with Gasteiger partial charge in [-0.15, -0.1) is 0 Å². The second-order valence-corrected chi connectivity index (χ2v) is 7.49. The second kappa shape index (κ2) is 7.94. The number of para-hydroxylation sites is 1. The maximum absolute atomic E-state index is 13.1. The highest BCUT2D eigenvalue weighted by atomic mass is 16.2. The van der Waals surface area contributed by atoms with Gasteiger partial charge in [0.05, 0.1) is 0 Å². The number of hydrogen-bond acceptors (Lipinski definition) is 4. The average molecular weight is 402 g/mol. The summed E-state index contributed by atoms with van der Waals surface area (Å²) in [6, 6.07) is 17.8. The van der Waals surface area contributed by atoms with Crippen molar-refractivity contribution in [3.8, 4) is 0 Å². The number of carbonyl (C=O) groups is 2. The molecule has 30 heavy (non-hydrogen) atoms. The first kappa shape index (κ1) is 19.6. The Hall–Kier alpha value is -3.74. The third-order valence-electron chi connectivity index (χ3n) is 5.11. The first-order valence-corrected chi connectivity index (χ1v) is 9.78. The van der Waals surface area contributed by atoms with Gasteiger partial charge in [0.25, 0.3) is 11.5 Å². The lowest BCUT2D eigenvalue weighted by Crippen LogP contribution is -2.38. The highest BCUT2D eigenvalue weighted by Gasteiger charge is 2.32. The van der Waals surface area contributed by atoms with Crippen LogP contribution in [0.5, 0.6) is 0 Å². The second-order valence-electron chi connectivity index (χ2n) is 7.49. The van der Waals surface area contributed by atoms with E-state index in [2.05, 4.69) is 10.4 Å². The van der Waals surface area contributed by atoms with Crippen LogP contribution in [0.15, 0.2) is 65.5 Å². The average Bonchev–Trinajstić information content (AvgIpc) is 3.04. The van der Waals surface area contributed by atoms with Gasteiger partial charge in [-0.2, -0.15) is 5.10 Å². The molecule has 1 atom stereocenters. The Labute approximate surface area is 174 Å². The van der Waals surface area contributed by atoms with Gasteiger partial charge in [-0.25, -0.2) is 4.68 Å². The van der Waals surface area contributed by atoms with Crippen LogP contribution in [0.2, 0.25) is 0 Å². The molecule has 0 bridgehead atoms. The molecular formula is C23H22N4O3. The first-order chi connectivity index (χ1) is 14.4. The number of nitrogens with zero attached hydrogens (tertiary/aromatic N) is 3. The van der Waals surface area contributed by atoms with E-state index in [0.29, 0.717) is 5.69 Å². The predicted molar refractivity (Wildman–Crippen MR) is 115 cm³/mol. The number of fused-ring (bicyclic) bond motifs is 1. The van der Waals surface area contributed by atoms with E-state index in [-0.39, 0.29) is 30.1 Å². The monoisotopic (exact) mass is 402 g/mol. The van der Waals surface area contributed by atoms with E-state index in [1.807, 2.05) is 56.3 Å². The Morgan fingerprint density at radius 2 is 1.90 bits per heavy atom. The van der Waals surface area contributed by atoms with Gasteiger partial charge in [-0.3, -0.25) is 14.4 Å². The summed E-state index contributed by atoms with van der Waals surface area (Å²) in [5, 5.41) is 6.92. The van der Waals surface area contributed by atoms with Gasteiger partial charge in [0.15, 0.2) is 0 Å². The largest absolute Gasteiger partial charge is 0.324 e. The van der Waals surface area contributed by atoms with E-state index in [4.69, 9.17) is 0 Å². The van der Waals surface area contributed by atoms with Gasteiger partial charge in [-0.05, 0) is 55.7 Å².